The van der Waals surface area contributed by atoms with Crippen LogP contribution in [-0.2, 0) is 11.2 Å². The maximum Gasteiger partial charge on any atom is 0.273 e. The number of phenolic OH excluding ortho intramolecular Hbond substituents is 1. The first-order chi connectivity index (χ1) is 11.5. The zero-order valence-corrected chi connectivity index (χ0v) is 14.1. The van der Waals surface area contributed by atoms with Crippen LogP contribution in [0.5, 0.6) is 5.75 Å². The minimum absolute atomic E-state index is 0.0665. The van der Waals surface area contributed by atoms with Crippen molar-refractivity contribution in [2.45, 2.75) is 6.42 Å². The predicted molar refractivity (Wildman–Crippen MR) is 93.4 cm³/mol. The van der Waals surface area contributed by atoms with Gasteiger partial charge in [-0.15, -0.1) is 0 Å². The standard InChI is InChI=1S/C17H14BrN3O3/c18-11-5-6-15(22)13(8-11)17(24)21-20-16(23)7-10-9-19-14-4-2-1-3-12(10)14/h1-6,8-9,19,22H,7H2,(H,20,23)(H,21,24). The van der Waals surface area contributed by atoms with Crippen molar-refractivity contribution in [3.8, 4) is 5.75 Å². The number of amides is 2. The van der Waals surface area contributed by atoms with Crippen molar-refractivity contribution in [2.24, 2.45) is 0 Å². The number of hydrazine groups is 1. The highest BCUT2D eigenvalue weighted by molar-refractivity contribution is 9.10. The summed E-state index contributed by atoms with van der Waals surface area (Å²) in [5.41, 5.74) is 6.50. The Morgan fingerprint density at radius 3 is 2.75 bits per heavy atom. The SMILES string of the molecule is O=C(Cc1c[nH]c2ccccc12)NNC(=O)c1cc(Br)ccc1O. The zero-order valence-electron chi connectivity index (χ0n) is 12.5. The summed E-state index contributed by atoms with van der Waals surface area (Å²) in [5.74, 6) is -1.12. The van der Waals surface area contributed by atoms with Crippen LogP contribution in [0.4, 0.5) is 0 Å². The molecule has 0 saturated heterocycles. The molecule has 3 aromatic rings. The first-order valence-corrected chi connectivity index (χ1v) is 7.96. The summed E-state index contributed by atoms with van der Waals surface area (Å²) in [7, 11) is 0. The van der Waals surface area contributed by atoms with Crippen LogP contribution >= 0.6 is 15.9 Å². The molecule has 0 atom stereocenters. The molecule has 0 aliphatic carbocycles. The number of para-hydroxylation sites is 1. The topological polar surface area (TPSA) is 94.2 Å². The van der Waals surface area contributed by atoms with Gasteiger partial charge in [0.15, 0.2) is 0 Å². The summed E-state index contributed by atoms with van der Waals surface area (Å²) >= 11 is 3.23. The zero-order chi connectivity index (χ0) is 17.1. The molecule has 0 aliphatic heterocycles. The molecule has 7 heteroatoms. The molecule has 1 aromatic heterocycles. The number of phenols is 1. The maximum atomic E-state index is 12.0. The highest BCUT2D eigenvalue weighted by Gasteiger charge is 2.13. The van der Waals surface area contributed by atoms with Gasteiger partial charge in [0.1, 0.15) is 5.75 Å². The van der Waals surface area contributed by atoms with E-state index in [9.17, 15) is 14.7 Å². The van der Waals surface area contributed by atoms with Crippen LogP contribution in [0.1, 0.15) is 15.9 Å². The number of aromatic nitrogens is 1. The summed E-state index contributed by atoms with van der Waals surface area (Å²) in [4.78, 5) is 27.1. The number of benzene rings is 2. The van der Waals surface area contributed by atoms with Gasteiger partial charge in [-0.05, 0) is 29.8 Å². The van der Waals surface area contributed by atoms with Crippen molar-refractivity contribution in [3.05, 3.63) is 64.3 Å². The molecule has 0 fully saturated rings. The van der Waals surface area contributed by atoms with E-state index in [1.54, 1.807) is 12.3 Å². The Balaban J connectivity index is 1.63. The quantitative estimate of drug-likeness (QED) is 0.520. The fourth-order valence-corrected chi connectivity index (χ4v) is 2.74. The molecule has 2 aromatic carbocycles. The number of carbonyl (C=O) groups excluding carboxylic acids is 2. The molecule has 0 bridgehead atoms. The number of rotatable bonds is 3. The number of aromatic hydroxyl groups is 1. The van der Waals surface area contributed by atoms with Crippen molar-refractivity contribution >= 4 is 38.6 Å². The Hall–Kier alpha value is -2.80. The van der Waals surface area contributed by atoms with Crippen LogP contribution < -0.4 is 10.9 Å². The Bertz CT molecular complexity index is 920. The molecule has 4 N–H and O–H groups in total. The Morgan fingerprint density at radius 2 is 1.92 bits per heavy atom. The second-order valence-corrected chi connectivity index (χ2v) is 6.12. The average molecular weight is 388 g/mol. The fraction of sp³-hybridized carbons (Fsp3) is 0.0588. The molecular formula is C17H14BrN3O3. The van der Waals surface area contributed by atoms with Gasteiger partial charge < -0.3 is 10.1 Å². The molecule has 24 heavy (non-hydrogen) atoms. The van der Waals surface area contributed by atoms with E-state index in [-0.39, 0.29) is 23.6 Å². The Kier molecular flexibility index (Phi) is 4.52. The molecule has 0 radical (unpaired) electrons. The third-order valence-electron chi connectivity index (χ3n) is 3.54. The summed E-state index contributed by atoms with van der Waals surface area (Å²) in [6.45, 7) is 0. The van der Waals surface area contributed by atoms with Gasteiger partial charge in [0.05, 0.1) is 12.0 Å². The van der Waals surface area contributed by atoms with Crippen LogP contribution in [0.2, 0.25) is 0 Å². The lowest BCUT2D eigenvalue weighted by atomic mass is 10.1. The van der Waals surface area contributed by atoms with Gasteiger partial charge in [-0.2, -0.15) is 0 Å². The van der Waals surface area contributed by atoms with E-state index in [4.69, 9.17) is 0 Å². The number of fused-ring (bicyclic) bond motifs is 1. The van der Waals surface area contributed by atoms with Gasteiger partial charge in [-0.25, -0.2) is 0 Å². The number of nitrogens with one attached hydrogen (secondary N) is 3. The van der Waals surface area contributed by atoms with Gasteiger partial charge >= 0.3 is 0 Å². The molecular weight excluding hydrogens is 374 g/mol. The summed E-state index contributed by atoms with van der Waals surface area (Å²) in [6, 6.07) is 12.1. The van der Waals surface area contributed by atoms with E-state index in [2.05, 4.69) is 31.8 Å². The molecule has 122 valence electrons. The van der Waals surface area contributed by atoms with Crippen molar-refractivity contribution in [1.29, 1.82) is 0 Å². The number of halogens is 1. The molecule has 0 unspecified atom stereocenters. The van der Waals surface area contributed by atoms with Gasteiger partial charge in [0, 0.05) is 21.6 Å². The largest absolute Gasteiger partial charge is 0.507 e. The number of H-pyrrole nitrogens is 1. The smallest absolute Gasteiger partial charge is 0.273 e. The van der Waals surface area contributed by atoms with Crippen molar-refractivity contribution in [2.75, 3.05) is 0 Å². The van der Waals surface area contributed by atoms with Gasteiger partial charge in [-0.3, -0.25) is 20.4 Å². The highest BCUT2D eigenvalue weighted by atomic mass is 79.9. The minimum atomic E-state index is -0.596. The first kappa shape index (κ1) is 16.1. The predicted octanol–water partition coefficient (Wildman–Crippen LogP) is 2.64. The normalized spacial score (nSPS) is 10.5. The lowest BCUT2D eigenvalue weighted by molar-refractivity contribution is -0.121. The second kappa shape index (κ2) is 6.76. The van der Waals surface area contributed by atoms with Crippen LogP contribution in [0.3, 0.4) is 0 Å². The van der Waals surface area contributed by atoms with Crippen LogP contribution in [-0.4, -0.2) is 21.9 Å². The van der Waals surface area contributed by atoms with E-state index in [1.807, 2.05) is 24.3 Å². The summed E-state index contributed by atoms with van der Waals surface area (Å²) in [6.07, 6.45) is 1.89. The minimum Gasteiger partial charge on any atom is -0.507 e. The van der Waals surface area contributed by atoms with Gasteiger partial charge in [0.2, 0.25) is 5.91 Å². The monoisotopic (exact) mass is 387 g/mol. The molecule has 0 spiro atoms. The van der Waals surface area contributed by atoms with Crippen LogP contribution in [0, 0.1) is 0 Å². The molecule has 2 amide bonds. The fourth-order valence-electron chi connectivity index (χ4n) is 2.38. The van der Waals surface area contributed by atoms with Gasteiger partial charge in [0.25, 0.3) is 5.91 Å². The maximum absolute atomic E-state index is 12.0. The van der Waals surface area contributed by atoms with Gasteiger partial charge in [-0.1, -0.05) is 34.1 Å². The van der Waals surface area contributed by atoms with Crippen LogP contribution in [0.15, 0.2) is 53.1 Å². The summed E-state index contributed by atoms with van der Waals surface area (Å²) in [5, 5.41) is 10.7. The number of carbonyl (C=O) groups is 2. The Morgan fingerprint density at radius 1 is 1.12 bits per heavy atom. The van der Waals surface area contributed by atoms with E-state index in [1.165, 1.54) is 12.1 Å². The van der Waals surface area contributed by atoms with E-state index < -0.39 is 5.91 Å². The van der Waals surface area contributed by atoms with Crippen LogP contribution in [0.25, 0.3) is 10.9 Å². The molecule has 1 heterocycles. The first-order valence-electron chi connectivity index (χ1n) is 7.17. The second-order valence-electron chi connectivity index (χ2n) is 5.20. The lowest BCUT2D eigenvalue weighted by Crippen LogP contribution is -2.42. The third kappa shape index (κ3) is 3.41. The Labute approximate surface area is 146 Å². The number of hydrogen-bond acceptors (Lipinski definition) is 3. The van der Waals surface area contributed by atoms with Crippen molar-refractivity contribution in [1.82, 2.24) is 15.8 Å². The summed E-state index contributed by atoms with van der Waals surface area (Å²) < 4.78 is 0.649. The highest BCUT2D eigenvalue weighted by Crippen LogP contribution is 2.21. The molecule has 0 saturated carbocycles. The van der Waals surface area contributed by atoms with E-state index in [0.717, 1.165) is 16.5 Å². The third-order valence-corrected chi connectivity index (χ3v) is 4.04. The molecule has 0 aliphatic rings. The molecule has 6 nitrogen and oxygen atoms in total. The van der Waals surface area contributed by atoms with E-state index >= 15 is 0 Å². The lowest BCUT2D eigenvalue weighted by Gasteiger charge is -2.08. The average Bonchev–Trinajstić information content (AvgIpc) is 2.98. The number of aromatic amines is 1. The van der Waals surface area contributed by atoms with Crippen molar-refractivity contribution in [3.63, 3.8) is 0 Å². The van der Waals surface area contributed by atoms with E-state index in [0.29, 0.717) is 4.47 Å². The van der Waals surface area contributed by atoms with Crippen molar-refractivity contribution < 1.29 is 14.7 Å². The molecule has 3 rings (SSSR count). The number of hydrogen-bond donors (Lipinski definition) is 4.